The second-order valence-electron chi connectivity index (χ2n) is 4.63. The molecule has 0 bridgehead atoms. The maximum absolute atomic E-state index is 11.6. The van der Waals surface area contributed by atoms with Crippen LogP contribution in [0, 0.1) is 5.41 Å². The van der Waals surface area contributed by atoms with Gasteiger partial charge in [-0.05, 0) is 31.1 Å². The van der Waals surface area contributed by atoms with E-state index in [1.807, 2.05) is 6.07 Å². The van der Waals surface area contributed by atoms with Gasteiger partial charge in [-0.2, -0.15) is 0 Å². The molecule has 0 aromatic carbocycles. The summed E-state index contributed by atoms with van der Waals surface area (Å²) >= 11 is 7.16. The van der Waals surface area contributed by atoms with E-state index in [0.29, 0.717) is 17.2 Å². The number of aliphatic carboxylic acids is 1. The quantitative estimate of drug-likeness (QED) is 0.822. The summed E-state index contributed by atoms with van der Waals surface area (Å²) in [6, 6.07) is 3.58. The van der Waals surface area contributed by atoms with Gasteiger partial charge in [0.05, 0.1) is 9.75 Å². The fraction of sp³-hybridized carbons (Fsp3) is 0.385. The molecule has 0 unspecified atom stereocenters. The summed E-state index contributed by atoms with van der Waals surface area (Å²) in [4.78, 5) is 23.6. The summed E-state index contributed by atoms with van der Waals surface area (Å²) in [5, 5.41) is 11.8. The Morgan fingerprint density at radius 3 is 2.68 bits per heavy atom. The van der Waals surface area contributed by atoms with Gasteiger partial charge in [-0.3, -0.25) is 9.59 Å². The first-order valence-corrected chi connectivity index (χ1v) is 7.16. The van der Waals surface area contributed by atoms with Crippen LogP contribution < -0.4 is 5.32 Å². The third-order valence-corrected chi connectivity index (χ3v) is 4.55. The molecule has 1 heterocycles. The maximum Gasteiger partial charge on any atom is 0.311 e. The predicted molar refractivity (Wildman–Crippen MR) is 75.3 cm³/mol. The molecule has 1 amide bonds. The van der Waals surface area contributed by atoms with Gasteiger partial charge < -0.3 is 10.4 Å². The number of hydrogen-bond acceptors (Lipinski definition) is 3. The largest absolute Gasteiger partial charge is 0.481 e. The lowest BCUT2D eigenvalue weighted by Crippen LogP contribution is -2.47. The number of nitrogens with one attached hydrogen (secondary N) is 1. The maximum atomic E-state index is 11.6. The average molecular weight is 300 g/mol. The Labute approximate surface area is 120 Å². The molecular formula is C13H14ClNO3S. The van der Waals surface area contributed by atoms with Gasteiger partial charge in [0, 0.05) is 17.5 Å². The van der Waals surface area contributed by atoms with E-state index in [2.05, 4.69) is 5.32 Å². The van der Waals surface area contributed by atoms with E-state index in [0.717, 1.165) is 11.3 Å². The van der Waals surface area contributed by atoms with E-state index in [1.54, 1.807) is 12.1 Å². The molecule has 0 saturated heterocycles. The van der Waals surface area contributed by atoms with Crippen LogP contribution in [-0.2, 0) is 9.59 Å². The van der Waals surface area contributed by atoms with Crippen LogP contribution in [0.2, 0.25) is 4.34 Å². The number of amides is 1. The first-order chi connectivity index (χ1) is 9.02. The van der Waals surface area contributed by atoms with Crippen molar-refractivity contribution in [3.8, 4) is 0 Å². The predicted octanol–water partition coefficient (Wildman–Crippen LogP) is 2.79. The molecule has 1 aliphatic carbocycles. The number of carbonyl (C=O) groups excluding carboxylic acids is 1. The van der Waals surface area contributed by atoms with Crippen molar-refractivity contribution in [1.82, 2.24) is 5.32 Å². The minimum atomic E-state index is -0.826. The van der Waals surface area contributed by atoms with E-state index >= 15 is 0 Å². The fourth-order valence-corrected chi connectivity index (χ4v) is 2.92. The second-order valence-corrected chi connectivity index (χ2v) is 6.38. The molecule has 0 spiro atoms. The lowest BCUT2D eigenvalue weighted by Gasteiger charge is -2.37. The van der Waals surface area contributed by atoms with E-state index < -0.39 is 11.4 Å². The molecule has 2 N–H and O–H groups in total. The molecule has 0 aliphatic heterocycles. The first kappa shape index (κ1) is 14.1. The molecule has 6 heteroatoms. The van der Waals surface area contributed by atoms with Gasteiger partial charge >= 0.3 is 5.97 Å². The van der Waals surface area contributed by atoms with E-state index in [1.165, 1.54) is 17.4 Å². The molecule has 0 atom stereocenters. The van der Waals surface area contributed by atoms with Crippen LogP contribution in [0.1, 0.15) is 24.1 Å². The molecule has 1 fully saturated rings. The van der Waals surface area contributed by atoms with Crippen molar-refractivity contribution in [2.45, 2.75) is 19.3 Å². The zero-order chi connectivity index (χ0) is 13.9. The smallest absolute Gasteiger partial charge is 0.311 e. The van der Waals surface area contributed by atoms with Crippen molar-refractivity contribution in [3.05, 3.63) is 27.4 Å². The summed E-state index contributed by atoms with van der Waals surface area (Å²) in [6.07, 6.45) is 5.24. The van der Waals surface area contributed by atoms with Crippen LogP contribution in [0.5, 0.6) is 0 Å². The van der Waals surface area contributed by atoms with Crippen molar-refractivity contribution in [2.24, 2.45) is 5.41 Å². The first-order valence-electron chi connectivity index (χ1n) is 5.96. The van der Waals surface area contributed by atoms with Crippen molar-refractivity contribution < 1.29 is 14.7 Å². The third kappa shape index (κ3) is 3.36. The van der Waals surface area contributed by atoms with Gasteiger partial charge in [-0.1, -0.05) is 18.0 Å². The number of carbonyl (C=O) groups is 2. The Bertz CT molecular complexity index is 520. The van der Waals surface area contributed by atoms with Crippen LogP contribution in [0.25, 0.3) is 6.08 Å². The lowest BCUT2D eigenvalue weighted by molar-refractivity contribution is -0.154. The summed E-state index contributed by atoms with van der Waals surface area (Å²) < 4.78 is 0.666. The van der Waals surface area contributed by atoms with Crippen molar-refractivity contribution in [2.75, 3.05) is 6.54 Å². The van der Waals surface area contributed by atoms with E-state index in [9.17, 15) is 9.59 Å². The van der Waals surface area contributed by atoms with Crippen molar-refractivity contribution in [3.63, 3.8) is 0 Å². The van der Waals surface area contributed by atoms with Crippen LogP contribution in [0.4, 0.5) is 0 Å². The number of thiophene rings is 1. The minimum Gasteiger partial charge on any atom is -0.481 e. The van der Waals surface area contributed by atoms with Gasteiger partial charge in [-0.15, -0.1) is 11.3 Å². The zero-order valence-electron chi connectivity index (χ0n) is 10.2. The average Bonchev–Trinajstić information content (AvgIpc) is 2.70. The van der Waals surface area contributed by atoms with Gasteiger partial charge in [0.15, 0.2) is 0 Å². The number of halogens is 1. The number of carboxylic acids is 1. The van der Waals surface area contributed by atoms with Crippen LogP contribution in [0.15, 0.2) is 18.2 Å². The molecule has 2 rings (SSSR count). The van der Waals surface area contributed by atoms with Gasteiger partial charge in [0.25, 0.3) is 0 Å². The molecule has 1 aromatic rings. The third-order valence-electron chi connectivity index (χ3n) is 3.36. The van der Waals surface area contributed by atoms with Gasteiger partial charge in [-0.25, -0.2) is 0 Å². The van der Waals surface area contributed by atoms with Crippen LogP contribution in [0.3, 0.4) is 0 Å². The summed E-state index contributed by atoms with van der Waals surface area (Å²) in [5.41, 5.74) is -0.754. The lowest BCUT2D eigenvalue weighted by atomic mass is 9.69. The highest BCUT2D eigenvalue weighted by Gasteiger charge is 2.44. The standard InChI is InChI=1S/C13H14ClNO3S/c14-10-4-2-9(19-10)3-5-11(16)15-8-13(12(17)18)6-1-7-13/h2-5H,1,6-8H2,(H,15,16)(H,17,18)/b5-3+. The highest BCUT2D eigenvalue weighted by atomic mass is 35.5. The second kappa shape index (κ2) is 5.75. The summed E-state index contributed by atoms with van der Waals surface area (Å²) in [7, 11) is 0. The SMILES string of the molecule is O=C(/C=C/c1ccc(Cl)s1)NCC1(C(=O)O)CCC1. The number of carboxylic acid groups (broad SMARTS) is 1. The highest BCUT2D eigenvalue weighted by molar-refractivity contribution is 7.17. The molecule has 1 saturated carbocycles. The van der Waals surface area contributed by atoms with Crippen molar-refractivity contribution >= 4 is 40.9 Å². The number of rotatable bonds is 5. The summed E-state index contributed by atoms with van der Waals surface area (Å²) in [6.45, 7) is 0.191. The van der Waals surface area contributed by atoms with Gasteiger partial charge in [0.2, 0.25) is 5.91 Å². The Balaban J connectivity index is 1.85. The normalized spacial score (nSPS) is 17.1. The van der Waals surface area contributed by atoms with E-state index in [-0.39, 0.29) is 12.5 Å². The molecule has 4 nitrogen and oxygen atoms in total. The van der Waals surface area contributed by atoms with E-state index in [4.69, 9.17) is 16.7 Å². The molecule has 1 aromatic heterocycles. The number of hydrogen-bond donors (Lipinski definition) is 2. The Kier molecular flexibility index (Phi) is 4.27. The van der Waals surface area contributed by atoms with Gasteiger partial charge in [0.1, 0.15) is 0 Å². The summed E-state index contributed by atoms with van der Waals surface area (Å²) in [5.74, 6) is -1.11. The minimum absolute atomic E-state index is 0.191. The Hall–Kier alpha value is -1.33. The van der Waals surface area contributed by atoms with Crippen LogP contribution >= 0.6 is 22.9 Å². The zero-order valence-corrected chi connectivity index (χ0v) is 11.8. The van der Waals surface area contributed by atoms with Crippen molar-refractivity contribution in [1.29, 1.82) is 0 Å². The molecule has 19 heavy (non-hydrogen) atoms. The monoisotopic (exact) mass is 299 g/mol. The topological polar surface area (TPSA) is 66.4 Å². The molecule has 102 valence electrons. The molecule has 1 aliphatic rings. The highest BCUT2D eigenvalue weighted by Crippen LogP contribution is 2.40. The molecular weight excluding hydrogens is 286 g/mol. The van der Waals surface area contributed by atoms with Crippen LogP contribution in [-0.4, -0.2) is 23.5 Å². The Morgan fingerprint density at radius 1 is 1.47 bits per heavy atom. The Morgan fingerprint density at radius 2 is 2.21 bits per heavy atom. The fourth-order valence-electron chi connectivity index (χ4n) is 1.96. The molecule has 0 radical (unpaired) electrons.